The Bertz CT molecular complexity index is 625. The van der Waals surface area contributed by atoms with Crippen molar-refractivity contribution in [2.45, 2.75) is 6.42 Å². The SMILES string of the molecule is CO/C(=C\C=C\Cc1ccc(Cl)cc1)c1ccc(Cl)cc1. The molecule has 0 amide bonds. The van der Waals surface area contributed by atoms with Crippen molar-refractivity contribution in [3.05, 3.63) is 87.9 Å². The van der Waals surface area contributed by atoms with Crippen LogP contribution in [0.1, 0.15) is 11.1 Å². The van der Waals surface area contributed by atoms with Crippen molar-refractivity contribution in [2.75, 3.05) is 7.11 Å². The van der Waals surface area contributed by atoms with Gasteiger partial charge in [-0.3, -0.25) is 0 Å². The Morgan fingerprint density at radius 2 is 1.52 bits per heavy atom. The summed E-state index contributed by atoms with van der Waals surface area (Å²) in [5.74, 6) is 0.805. The first-order valence-corrected chi connectivity index (χ1v) is 7.36. The molecule has 1 nitrogen and oxygen atoms in total. The Labute approximate surface area is 135 Å². The van der Waals surface area contributed by atoms with Gasteiger partial charge in [0.05, 0.1) is 7.11 Å². The fourth-order valence-electron chi connectivity index (χ4n) is 1.88. The molecule has 0 radical (unpaired) electrons. The Kier molecular flexibility index (Phi) is 5.91. The molecule has 0 bridgehead atoms. The number of halogens is 2. The summed E-state index contributed by atoms with van der Waals surface area (Å²) in [6.45, 7) is 0. The fraction of sp³-hybridized carbons (Fsp3) is 0.111. The third kappa shape index (κ3) is 4.96. The van der Waals surface area contributed by atoms with Crippen LogP contribution in [0.2, 0.25) is 10.0 Å². The van der Waals surface area contributed by atoms with Crippen LogP contribution < -0.4 is 0 Å². The average molecular weight is 319 g/mol. The van der Waals surface area contributed by atoms with Crippen LogP contribution >= 0.6 is 23.2 Å². The van der Waals surface area contributed by atoms with Gasteiger partial charge in [0, 0.05) is 15.6 Å². The third-order valence-corrected chi connectivity index (χ3v) is 3.50. The van der Waals surface area contributed by atoms with Crippen LogP contribution in [-0.4, -0.2) is 7.11 Å². The maximum Gasteiger partial charge on any atom is 0.126 e. The second-order valence-corrected chi connectivity index (χ2v) is 5.37. The van der Waals surface area contributed by atoms with Gasteiger partial charge in [-0.15, -0.1) is 0 Å². The van der Waals surface area contributed by atoms with Crippen molar-refractivity contribution < 1.29 is 4.74 Å². The Morgan fingerprint density at radius 3 is 2.10 bits per heavy atom. The van der Waals surface area contributed by atoms with Gasteiger partial charge in [-0.05, 0) is 54.5 Å². The van der Waals surface area contributed by atoms with E-state index in [9.17, 15) is 0 Å². The van der Waals surface area contributed by atoms with E-state index >= 15 is 0 Å². The normalized spacial score (nSPS) is 11.9. The Balaban J connectivity index is 2.01. The van der Waals surface area contributed by atoms with E-state index in [0.717, 1.165) is 22.8 Å². The molecular formula is C18H16Cl2O. The molecule has 0 fully saturated rings. The first kappa shape index (κ1) is 15.7. The molecule has 0 heterocycles. The summed E-state index contributed by atoms with van der Waals surface area (Å²) >= 11 is 11.7. The number of rotatable bonds is 5. The van der Waals surface area contributed by atoms with Crippen LogP contribution in [0.3, 0.4) is 0 Å². The predicted octanol–water partition coefficient (Wildman–Crippen LogP) is 5.78. The lowest BCUT2D eigenvalue weighted by molar-refractivity contribution is 0.370. The first-order chi connectivity index (χ1) is 10.2. The largest absolute Gasteiger partial charge is 0.496 e. The van der Waals surface area contributed by atoms with E-state index in [1.807, 2.05) is 60.7 Å². The summed E-state index contributed by atoms with van der Waals surface area (Å²) in [7, 11) is 1.66. The molecule has 3 heteroatoms. The van der Waals surface area contributed by atoms with E-state index in [-0.39, 0.29) is 0 Å². The van der Waals surface area contributed by atoms with Crippen molar-refractivity contribution in [3.8, 4) is 0 Å². The molecule has 0 spiro atoms. The maximum atomic E-state index is 5.88. The number of benzene rings is 2. The van der Waals surface area contributed by atoms with Gasteiger partial charge < -0.3 is 4.74 Å². The minimum absolute atomic E-state index is 0.715. The zero-order valence-corrected chi connectivity index (χ0v) is 13.2. The average Bonchev–Trinajstić information content (AvgIpc) is 2.50. The Morgan fingerprint density at radius 1 is 0.952 bits per heavy atom. The number of hydrogen-bond donors (Lipinski definition) is 0. The highest BCUT2D eigenvalue weighted by Gasteiger charge is 1.99. The summed E-state index contributed by atoms with van der Waals surface area (Å²) in [6, 6.07) is 15.4. The van der Waals surface area contributed by atoms with Gasteiger partial charge in [-0.25, -0.2) is 0 Å². The second kappa shape index (κ2) is 7.92. The highest BCUT2D eigenvalue weighted by molar-refractivity contribution is 6.30. The van der Waals surface area contributed by atoms with Gasteiger partial charge in [0.1, 0.15) is 5.76 Å². The molecule has 0 aliphatic rings. The minimum Gasteiger partial charge on any atom is -0.496 e. The lowest BCUT2D eigenvalue weighted by atomic mass is 10.1. The topological polar surface area (TPSA) is 9.23 Å². The molecular weight excluding hydrogens is 303 g/mol. The van der Waals surface area contributed by atoms with Gasteiger partial charge >= 0.3 is 0 Å². The van der Waals surface area contributed by atoms with Crippen LogP contribution in [0, 0.1) is 0 Å². The van der Waals surface area contributed by atoms with Crippen LogP contribution in [0.15, 0.2) is 66.8 Å². The molecule has 108 valence electrons. The number of methoxy groups -OCH3 is 1. The van der Waals surface area contributed by atoms with Gasteiger partial charge in [-0.2, -0.15) is 0 Å². The van der Waals surface area contributed by atoms with Gasteiger partial charge in [0.15, 0.2) is 0 Å². The summed E-state index contributed by atoms with van der Waals surface area (Å²) in [5.41, 5.74) is 2.22. The molecule has 0 N–H and O–H groups in total. The van der Waals surface area contributed by atoms with Gasteiger partial charge in [-0.1, -0.05) is 47.5 Å². The summed E-state index contributed by atoms with van der Waals surface area (Å²) in [4.78, 5) is 0. The molecule has 2 rings (SSSR count). The lowest BCUT2D eigenvalue weighted by Crippen LogP contribution is -1.86. The van der Waals surface area contributed by atoms with Crippen LogP contribution in [0.5, 0.6) is 0 Å². The van der Waals surface area contributed by atoms with Crippen molar-refractivity contribution in [1.82, 2.24) is 0 Å². The van der Waals surface area contributed by atoms with E-state index in [2.05, 4.69) is 6.08 Å². The number of allylic oxidation sites excluding steroid dienone is 3. The van der Waals surface area contributed by atoms with E-state index in [0.29, 0.717) is 5.02 Å². The van der Waals surface area contributed by atoms with Crippen molar-refractivity contribution in [1.29, 1.82) is 0 Å². The lowest BCUT2D eigenvalue weighted by Gasteiger charge is -2.05. The smallest absolute Gasteiger partial charge is 0.126 e. The Hall–Kier alpha value is -1.70. The zero-order valence-electron chi connectivity index (χ0n) is 11.7. The van der Waals surface area contributed by atoms with E-state index < -0.39 is 0 Å². The number of hydrogen-bond acceptors (Lipinski definition) is 1. The summed E-state index contributed by atoms with van der Waals surface area (Å²) in [5, 5.41) is 1.47. The number of ether oxygens (including phenoxy) is 1. The molecule has 0 aromatic heterocycles. The molecule has 2 aromatic carbocycles. The highest BCUT2D eigenvalue weighted by Crippen LogP contribution is 2.18. The molecule has 21 heavy (non-hydrogen) atoms. The van der Waals surface area contributed by atoms with Crippen LogP contribution in [-0.2, 0) is 11.2 Å². The molecule has 2 aromatic rings. The van der Waals surface area contributed by atoms with Gasteiger partial charge in [0.25, 0.3) is 0 Å². The maximum absolute atomic E-state index is 5.88. The van der Waals surface area contributed by atoms with Crippen molar-refractivity contribution >= 4 is 29.0 Å². The van der Waals surface area contributed by atoms with Crippen molar-refractivity contribution in [2.24, 2.45) is 0 Å². The monoisotopic (exact) mass is 318 g/mol. The predicted molar refractivity (Wildman–Crippen MR) is 90.7 cm³/mol. The minimum atomic E-state index is 0.715. The first-order valence-electron chi connectivity index (χ1n) is 6.60. The highest BCUT2D eigenvalue weighted by atomic mass is 35.5. The third-order valence-electron chi connectivity index (χ3n) is 3.00. The summed E-state index contributed by atoms with van der Waals surface area (Å²) in [6.07, 6.45) is 6.87. The molecule has 0 saturated carbocycles. The fourth-order valence-corrected chi connectivity index (χ4v) is 2.13. The zero-order chi connectivity index (χ0) is 15.1. The standard InChI is InChI=1S/C18H16Cl2O/c1-21-18(15-8-12-17(20)13-9-15)5-3-2-4-14-6-10-16(19)11-7-14/h2-3,5-13H,4H2,1H3/b3-2+,18-5-. The van der Waals surface area contributed by atoms with Gasteiger partial charge in [0.2, 0.25) is 0 Å². The van der Waals surface area contributed by atoms with Crippen molar-refractivity contribution in [3.63, 3.8) is 0 Å². The second-order valence-electron chi connectivity index (χ2n) is 4.50. The van der Waals surface area contributed by atoms with Crippen LogP contribution in [0.4, 0.5) is 0 Å². The molecule has 0 saturated heterocycles. The van der Waals surface area contributed by atoms with E-state index in [1.54, 1.807) is 7.11 Å². The molecule has 0 unspecified atom stereocenters. The molecule has 0 aliphatic heterocycles. The van der Waals surface area contributed by atoms with E-state index in [1.165, 1.54) is 5.56 Å². The van der Waals surface area contributed by atoms with Crippen LogP contribution in [0.25, 0.3) is 5.76 Å². The quantitative estimate of drug-likeness (QED) is 0.501. The van der Waals surface area contributed by atoms with E-state index in [4.69, 9.17) is 27.9 Å². The summed E-state index contributed by atoms with van der Waals surface area (Å²) < 4.78 is 5.39. The molecule has 0 aliphatic carbocycles. The molecule has 0 atom stereocenters.